The van der Waals surface area contributed by atoms with Gasteiger partial charge in [0.15, 0.2) is 0 Å². The maximum Gasteiger partial charge on any atom is 0.258 e. The van der Waals surface area contributed by atoms with Gasteiger partial charge in [-0.05, 0) is 64.6 Å². The highest BCUT2D eigenvalue weighted by Crippen LogP contribution is 2.26. The number of nitrogens with zero attached hydrogens (tertiary/aromatic N) is 1. The third-order valence-corrected chi connectivity index (χ3v) is 4.82. The van der Waals surface area contributed by atoms with Crippen LogP contribution in [0.1, 0.15) is 15.9 Å². The molecule has 3 aromatic carbocycles. The van der Waals surface area contributed by atoms with Crippen molar-refractivity contribution in [3.8, 4) is 5.75 Å². The second kappa shape index (κ2) is 8.16. The van der Waals surface area contributed by atoms with Gasteiger partial charge in [-0.15, -0.1) is 0 Å². The van der Waals surface area contributed by atoms with E-state index < -0.39 is 0 Å². The lowest BCUT2D eigenvalue weighted by molar-refractivity contribution is 0.0985. The van der Waals surface area contributed by atoms with Gasteiger partial charge in [-0.1, -0.05) is 42.5 Å². The molecule has 126 valence electrons. The maximum atomic E-state index is 13.2. The predicted octanol–water partition coefficient (Wildman–Crippen LogP) is 5.15. The van der Waals surface area contributed by atoms with Crippen LogP contribution >= 0.6 is 22.6 Å². The van der Waals surface area contributed by atoms with Crippen molar-refractivity contribution in [1.82, 2.24) is 0 Å². The molecule has 0 radical (unpaired) electrons. The number of anilines is 1. The zero-order valence-electron chi connectivity index (χ0n) is 13.9. The number of benzene rings is 3. The van der Waals surface area contributed by atoms with Crippen LogP contribution in [0.5, 0.6) is 5.75 Å². The first-order valence-electron chi connectivity index (χ1n) is 7.93. The van der Waals surface area contributed by atoms with Gasteiger partial charge in [-0.25, -0.2) is 0 Å². The minimum Gasteiger partial charge on any atom is -0.497 e. The zero-order chi connectivity index (χ0) is 17.6. The molecule has 0 unspecified atom stereocenters. The summed E-state index contributed by atoms with van der Waals surface area (Å²) < 4.78 is 6.22. The van der Waals surface area contributed by atoms with Crippen LogP contribution in [0.3, 0.4) is 0 Å². The second-order valence-electron chi connectivity index (χ2n) is 5.56. The second-order valence-corrected chi connectivity index (χ2v) is 6.72. The smallest absolute Gasteiger partial charge is 0.258 e. The number of carbonyl (C=O) groups excluding carboxylic acids is 1. The fourth-order valence-electron chi connectivity index (χ4n) is 2.59. The molecule has 4 heteroatoms. The predicted molar refractivity (Wildman–Crippen MR) is 109 cm³/mol. The lowest BCUT2D eigenvalue weighted by Gasteiger charge is -2.24. The van der Waals surface area contributed by atoms with Gasteiger partial charge in [0, 0.05) is 9.13 Å². The SMILES string of the molecule is COc1ccc(C(=O)N(Cc2ccccc2)c2ccccc2I)cc1. The molecule has 1 amide bonds. The van der Waals surface area contributed by atoms with Crippen LogP contribution < -0.4 is 9.64 Å². The number of halogens is 1. The Hall–Kier alpha value is -2.34. The first kappa shape index (κ1) is 17.5. The van der Waals surface area contributed by atoms with Crippen molar-refractivity contribution in [3.05, 3.63) is 93.6 Å². The molecule has 0 aliphatic heterocycles. The summed E-state index contributed by atoms with van der Waals surface area (Å²) in [5, 5.41) is 0. The number of hydrogen-bond donors (Lipinski definition) is 0. The highest BCUT2D eigenvalue weighted by Gasteiger charge is 2.20. The van der Waals surface area contributed by atoms with Crippen molar-refractivity contribution in [2.75, 3.05) is 12.0 Å². The number of ether oxygens (including phenoxy) is 1. The van der Waals surface area contributed by atoms with E-state index >= 15 is 0 Å². The number of para-hydroxylation sites is 1. The molecule has 0 heterocycles. The first-order chi connectivity index (χ1) is 12.2. The van der Waals surface area contributed by atoms with E-state index in [1.54, 1.807) is 19.2 Å². The van der Waals surface area contributed by atoms with Crippen molar-refractivity contribution in [2.24, 2.45) is 0 Å². The van der Waals surface area contributed by atoms with Gasteiger partial charge in [0.2, 0.25) is 0 Å². The Morgan fingerprint density at radius 1 is 0.920 bits per heavy atom. The largest absolute Gasteiger partial charge is 0.497 e. The summed E-state index contributed by atoms with van der Waals surface area (Å²) >= 11 is 2.27. The highest BCUT2D eigenvalue weighted by molar-refractivity contribution is 14.1. The average molecular weight is 443 g/mol. The molecule has 3 rings (SSSR count). The van der Waals surface area contributed by atoms with Gasteiger partial charge in [-0.3, -0.25) is 4.79 Å². The molecule has 0 saturated carbocycles. The lowest BCUT2D eigenvalue weighted by Crippen LogP contribution is -2.31. The lowest BCUT2D eigenvalue weighted by atomic mass is 10.1. The standard InChI is InChI=1S/C21H18INO2/c1-25-18-13-11-17(12-14-18)21(24)23(15-16-7-3-2-4-8-16)20-10-6-5-9-19(20)22/h2-14H,15H2,1H3. The number of carbonyl (C=O) groups is 1. The van der Waals surface area contributed by atoms with Gasteiger partial charge >= 0.3 is 0 Å². The Labute approximate surface area is 161 Å². The Morgan fingerprint density at radius 2 is 1.56 bits per heavy atom. The summed E-state index contributed by atoms with van der Waals surface area (Å²) in [5.74, 6) is 0.705. The normalized spacial score (nSPS) is 10.3. The van der Waals surface area contributed by atoms with Crippen LogP contribution in [0, 0.1) is 3.57 Å². The molecule has 0 aliphatic rings. The van der Waals surface area contributed by atoms with E-state index in [-0.39, 0.29) is 5.91 Å². The summed E-state index contributed by atoms with van der Waals surface area (Å²) in [4.78, 5) is 15.0. The third-order valence-electron chi connectivity index (χ3n) is 3.91. The van der Waals surface area contributed by atoms with Crippen molar-refractivity contribution in [2.45, 2.75) is 6.54 Å². The number of amides is 1. The molecular weight excluding hydrogens is 425 g/mol. The third kappa shape index (κ3) is 4.20. The summed E-state index contributed by atoms with van der Waals surface area (Å²) in [6.45, 7) is 0.520. The van der Waals surface area contributed by atoms with Crippen LogP contribution in [0.25, 0.3) is 0 Å². The van der Waals surface area contributed by atoms with E-state index in [1.165, 1.54) is 0 Å². The minimum atomic E-state index is -0.0318. The molecule has 0 aromatic heterocycles. The zero-order valence-corrected chi connectivity index (χ0v) is 16.0. The van der Waals surface area contributed by atoms with Crippen LogP contribution in [-0.2, 0) is 6.54 Å². The Kier molecular flexibility index (Phi) is 5.71. The fraction of sp³-hybridized carbons (Fsp3) is 0.0952. The van der Waals surface area contributed by atoms with Gasteiger partial charge in [0.05, 0.1) is 19.3 Å². The van der Waals surface area contributed by atoms with E-state index in [0.29, 0.717) is 12.1 Å². The van der Waals surface area contributed by atoms with Gasteiger partial charge in [0.1, 0.15) is 5.75 Å². The molecule has 3 aromatic rings. The van der Waals surface area contributed by atoms with E-state index in [4.69, 9.17) is 4.74 Å². The van der Waals surface area contributed by atoms with Crippen LogP contribution in [0.15, 0.2) is 78.9 Å². The summed E-state index contributed by atoms with van der Waals surface area (Å²) in [6.07, 6.45) is 0. The quantitative estimate of drug-likeness (QED) is 0.511. The Morgan fingerprint density at radius 3 is 2.20 bits per heavy atom. The van der Waals surface area contributed by atoms with Gasteiger partial charge in [-0.2, -0.15) is 0 Å². The van der Waals surface area contributed by atoms with E-state index in [0.717, 1.165) is 20.6 Å². The number of rotatable bonds is 5. The molecule has 0 atom stereocenters. The van der Waals surface area contributed by atoms with Gasteiger partial charge in [0.25, 0.3) is 5.91 Å². The first-order valence-corrected chi connectivity index (χ1v) is 9.01. The van der Waals surface area contributed by atoms with Crippen molar-refractivity contribution in [1.29, 1.82) is 0 Å². The minimum absolute atomic E-state index is 0.0318. The van der Waals surface area contributed by atoms with Crippen LogP contribution in [0.2, 0.25) is 0 Å². The van der Waals surface area contributed by atoms with Crippen LogP contribution in [-0.4, -0.2) is 13.0 Å². The van der Waals surface area contributed by atoms with Crippen molar-refractivity contribution < 1.29 is 9.53 Å². The van der Waals surface area contributed by atoms with Crippen LogP contribution in [0.4, 0.5) is 5.69 Å². The molecule has 0 aliphatic carbocycles. The van der Waals surface area contributed by atoms with E-state index in [2.05, 4.69) is 22.6 Å². The van der Waals surface area contributed by atoms with Gasteiger partial charge < -0.3 is 9.64 Å². The molecule has 0 spiro atoms. The number of methoxy groups -OCH3 is 1. The van der Waals surface area contributed by atoms with Crippen molar-refractivity contribution >= 4 is 34.2 Å². The summed E-state index contributed by atoms with van der Waals surface area (Å²) in [5.41, 5.74) is 2.63. The topological polar surface area (TPSA) is 29.5 Å². The maximum absolute atomic E-state index is 13.2. The Bertz CT molecular complexity index is 847. The molecule has 25 heavy (non-hydrogen) atoms. The molecule has 0 saturated heterocycles. The molecule has 0 N–H and O–H groups in total. The molecule has 0 bridgehead atoms. The van der Waals surface area contributed by atoms with E-state index in [9.17, 15) is 4.79 Å². The molecule has 0 fully saturated rings. The molecular formula is C21H18INO2. The monoisotopic (exact) mass is 443 g/mol. The summed E-state index contributed by atoms with van der Waals surface area (Å²) in [7, 11) is 1.62. The van der Waals surface area contributed by atoms with E-state index in [1.807, 2.05) is 71.6 Å². The van der Waals surface area contributed by atoms with Crippen molar-refractivity contribution in [3.63, 3.8) is 0 Å². The average Bonchev–Trinajstić information content (AvgIpc) is 2.67. The molecule has 3 nitrogen and oxygen atoms in total. The number of hydrogen-bond acceptors (Lipinski definition) is 2. The highest BCUT2D eigenvalue weighted by atomic mass is 127. The fourth-order valence-corrected chi connectivity index (χ4v) is 3.27. The summed E-state index contributed by atoms with van der Waals surface area (Å²) in [6, 6.07) is 25.2. The Balaban J connectivity index is 1.97.